The standard InChI is InChI=1S/C16H31N3O/c1-12(2)8-10-18-16(20)13(3)19(15-6-7-15)11-14-5-4-9-17-14/h12-15,17H,4-11H2,1-3H3,(H,18,20). The maximum atomic E-state index is 12.3. The molecule has 1 amide bonds. The molecule has 2 atom stereocenters. The molecule has 1 saturated heterocycles. The van der Waals surface area contributed by atoms with Crippen molar-refractivity contribution in [2.24, 2.45) is 5.92 Å². The van der Waals surface area contributed by atoms with E-state index in [1.807, 2.05) is 0 Å². The van der Waals surface area contributed by atoms with Crippen LogP contribution in [0.3, 0.4) is 0 Å². The fraction of sp³-hybridized carbons (Fsp3) is 0.938. The highest BCUT2D eigenvalue weighted by Gasteiger charge is 2.36. The summed E-state index contributed by atoms with van der Waals surface area (Å²) in [5.41, 5.74) is 0. The Labute approximate surface area is 123 Å². The molecule has 2 aliphatic rings. The third kappa shape index (κ3) is 4.74. The molecule has 0 spiro atoms. The molecule has 2 fully saturated rings. The van der Waals surface area contributed by atoms with E-state index in [-0.39, 0.29) is 11.9 Å². The van der Waals surface area contributed by atoms with Crippen LogP contribution in [0.4, 0.5) is 0 Å². The monoisotopic (exact) mass is 281 g/mol. The van der Waals surface area contributed by atoms with Crippen LogP contribution < -0.4 is 10.6 Å². The molecule has 2 unspecified atom stereocenters. The van der Waals surface area contributed by atoms with Crippen LogP contribution in [0.25, 0.3) is 0 Å². The second-order valence-electron chi connectivity index (χ2n) is 6.87. The molecule has 1 aliphatic carbocycles. The minimum atomic E-state index is 0.0112. The van der Waals surface area contributed by atoms with E-state index in [2.05, 4.69) is 36.3 Å². The van der Waals surface area contributed by atoms with Gasteiger partial charge in [-0.3, -0.25) is 9.69 Å². The molecule has 20 heavy (non-hydrogen) atoms. The molecule has 1 aliphatic heterocycles. The minimum absolute atomic E-state index is 0.0112. The molecule has 1 saturated carbocycles. The van der Waals surface area contributed by atoms with Gasteiger partial charge in [0.25, 0.3) is 0 Å². The van der Waals surface area contributed by atoms with Gasteiger partial charge >= 0.3 is 0 Å². The molecular weight excluding hydrogens is 250 g/mol. The lowest BCUT2D eigenvalue weighted by Crippen LogP contribution is -2.50. The quantitative estimate of drug-likeness (QED) is 0.712. The van der Waals surface area contributed by atoms with Crippen LogP contribution in [0, 0.1) is 5.92 Å². The molecule has 0 radical (unpaired) electrons. The highest BCUT2D eigenvalue weighted by atomic mass is 16.2. The van der Waals surface area contributed by atoms with Crippen LogP contribution in [-0.4, -0.2) is 48.6 Å². The lowest BCUT2D eigenvalue weighted by molar-refractivity contribution is -0.126. The van der Waals surface area contributed by atoms with E-state index in [0.29, 0.717) is 18.0 Å². The number of carbonyl (C=O) groups is 1. The average Bonchev–Trinajstić information content (AvgIpc) is 3.11. The summed E-state index contributed by atoms with van der Waals surface area (Å²) in [6, 6.07) is 1.24. The number of carbonyl (C=O) groups excluding carboxylic acids is 1. The van der Waals surface area contributed by atoms with Crippen LogP contribution in [0.15, 0.2) is 0 Å². The third-order valence-corrected chi connectivity index (χ3v) is 4.51. The van der Waals surface area contributed by atoms with Gasteiger partial charge in [-0.1, -0.05) is 13.8 Å². The Kier molecular flexibility index (Phi) is 5.85. The molecule has 0 aromatic heterocycles. The van der Waals surface area contributed by atoms with E-state index in [4.69, 9.17) is 0 Å². The Morgan fingerprint density at radius 2 is 2.05 bits per heavy atom. The van der Waals surface area contributed by atoms with E-state index in [1.165, 1.54) is 25.7 Å². The zero-order valence-corrected chi connectivity index (χ0v) is 13.3. The summed E-state index contributed by atoms with van der Waals surface area (Å²) in [6.07, 6.45) is 6.11. The molecule has 116 valence electrons. The van der Waals surface area contributed by atoms with Gasteiger partial charge in [-0.05, 0) is 51.5 Å². The molecule has 4 heteroatoms. The molecule has 4 nitrogen and oxygen atoms in total. The zero-order valence-electron chi connectivity index (χ0n) is 13.3. The predicted molar refractivity (Wildman–Crippen MR) is 82.7 cm³/mol. The van der Waals surface area contributed by atoms with E-state index < -0.39 is 0 Å². The molecular formula is C16H31N3O. The summed E-state index contributed by atoms with van der Waals surface area (Å²) in [6.45, 7) is 9.43. The van der Waals surface area contributed by atoms with Crippen LogP contribution in [0.2, 0.25) is 0 Å². The van der Waals surface area contributed by atoms with Gasteiger partial charge in [-0.2, -0.15) is 0 Å². The molecule has 1 heterocycles. The molecule has 0 aromatic rings. The summed E-state index contributed by atoms with van der Waals surface area (Å²) in [5, 5.41) is 6.65. The number of nitrogens with one attached hydrogen (secondary N) is 2. The molecule has 2 N–H and O–H groups in total. The molecule has 0 aromatic carbocycles. The van der Waals surface area contributed by atoms with Gasteiger partial charge in [-0.25, -0.2) is 0 Å². The first-order valence-electron chi connectivity index (χ1n) is 8.34. The van der Waals surface area contributed by atoms with Crippen molar-refractivity contribution in [1.82, 2.24) is 15.5 Å². The van der Waals surface area contributed by atoms with Gasteiger partial charge < -0.3 is 10.6 Å². The number of nitrogens with zero attached hydrogens (tertiary/aromatic N) is 1. The topological polar surface area (TPSA) is 44.4 Å². The number of rotatable bonds is 8. The van der Waals surface area contributed by atoms with Crippen LogP contribution in [-0.2, 0) is 4.79 Å². The predicted octanol–water partition coefficient (Wildman–Crippen LogP) is 1.75. The summed E-state index contributed by atoms with van der Waals surface area (Å²) >= 11 is 0. The van der Waals surface area contributed by atoms with Crippen LogP contribution >= 0.6 is 0 Å². The van der Waals surface area contributed by atoms with Gasteiger partial charge in [0.15, 0.2) is 0 Å². The van der Waals surface area contributed by atoms with Crippen molar-refractivity contribution in [2.45, 2.75) is 71.0 Å². The summed E-state index contributed by atoms with van der Waals surface area (Å²) < 4.78 is 0. The van der Waals surface area contributed by atoms with Crippen molar-refractivity contribution in [2.75, 3.05) is 19.6 Å². The minimum Gasteiger partial charge on any atom is -0.355 e. The van der Waals surface area contributed by atoms with Crippen molar-refractivity contribution in [3.63, 3.8) is 0 Å². The fourth-order valence-electron chi connectivity index (χ4n) is 2.98. The first-order valence-corrected chi connectivity index (χ1v) is 8.34. The largest absolute Gasteiger partial charge is 0.355 e. The van der Waals surface area contributed by atoms with Crippen LogP contribution in [0.5, 0.6) is 0 Å². The highest BCUT2D eigenvalue weighted by molar-refractivity contribution is 5.81. The number of hydrogen-bond acceptors (Lipinski definition) is 3. The van der Waals surface area contributed by atoms with E-state index in [1.54, 1.807) is 0 Å². The van der Waals surface area contributed by atoms with Gasteiger partial charge in [-0.15, -0.1) is 0 Å². The Balaban J connectivity index is 1.79. The van der Waals surface area contributed by atoms with Crippen molar-refractivity contribution >= 4 is 5.91 Å². The van der Waals surface area contributed by atoms with Crippen molar-refractivity contribution in [1.29, 1.82) is 0 Å². The van der Waals surface area contributed by atoms with Gasteiger partial charge in [0, 0.05) is 25.2 Å². The Morgan fingerprint density at radius 1 is 1.30 bits per heavy atom. The Morgan fingerprint density at radius 3 is 2.60 bits per heavy atom. The second kappa shape index (κ2) is 7.41. The van der Waals surface area contributed by atoms with E-state index in [0.717, 1.165) is 26.1 Å². The first-order chi connectivity index (χ1) is 9.58. The normalized spacial score (nSPS) is 24.4. The Hall–Kier alpha value is -0.610. The Bertz CT molecular complexity index is 309. The summed E-state index contributed by atoms with van der Waals surface area (Å²) in [4.78, 5) is 14.7. The lowest BCUT2D eigenvalue weighted by Gasteiger charge is -2.30. The number of hydrogen-bond donors (Lipinski definition) is 2. The van der Waals surface area contributed by atoms with E-state index in [9.17, 15) is 4.79 Å². The maximum absolute atomic E-state index is 12.3. The van der Waals surface area contributed by atoms with Crippen LogP contribution in [0.1, 0.15) is 52.9 Å². The smallest absolute Gasteiger partial charge is 0.237 e. The van der Waals surface area contributed by atoms with Gasteiger partial charge in [0.1, 0.15) is 0 Å². The molecule has 2 rings (SSSR count). The van der Waals surface area contributed by atoms with Gasteiger partial charge in [0.2, 0.25) is 5.91 Å². The van der Waals surface area contributed by atoms with Crippen molar-refractivity contribution in [3.05, 3.63) is 0 Å². The zero-order chi connectivity index (χ0) is 14.5. The first kappa shape index (κ1) is 15.8. The third-order valence-electron chi connectivity index (χ3n) is 4.51. The SMILES string of the molecule is CC(C)CCNC(=O)C(C)N(CC1CCCN1)C1CC1. The summed E-state index contributed by atoms with van der Waals surface area (Å²) in [7, 11) is 0. The van der Waals surface area contributed by atoms with Crippen molar-refractivity contribution in [3.8, 4) is 0 Å². The second-order valence-corrected chi connectivity index (χ2v) is 6.87. The van der Waals surface area contributed by atoms with E-state index >= 15 is 0 Å². The number of amides is 1. The summed E-state index contributed by atoms with van der Waals surface area (Å²) in [5.74, 6) is 0.850. The highest BCUT2D eigenvalue weighted by Crippen LogP contribution is 2.29. The molecule has 0 bridgehead atoms. The van der Waals surface area contributed by atoms with Gasteiger partial charge in [0.05, 0.1) is 6.04 Å². The van der Waals surface area contributed by atoms with Crippen molar-refractivity contribution < 1.29 is 4.79 Å². The lowest BCUT2D eigenvalue weighted by atomic mass is 10.1. The average molecular weight is 281 g/mol. The fourth-order valence-corrected chi connectivity index (χ4v) is 2.98. The maximum Gasteiger partial charge on any atom is 0.237 e.